The molecule has 7 heteroatoms. The number of carbonyl (C=O) groups is 1. The SMILES string of the molecule is CCOC(=O)CSc1cncc(N2CC3CNCC(C3)C2)n1. The summed E-state index contributed by atoms with van der Waals surface area (Å²) < 4.78 is 4.94. The average Bonchev–Trinajstić information content (AvgIpc) is 2.53. The van der Waals surface area contributed by atoms with Gasteiger partial charge >= 0.3 is 5.97 Å². The predicted molar refractivity (Wildman–Crippen MR) is 86.1 cm³/mol. The van der Waals surface area contributed by atoms with Crippen LogP contribution in [0.15, 0.2) is 17.4 Å². The number of hydrogen-bond acceptors (Lipinski definition) is 7. The number of aromatic nitrogens is 2. The van der Waals surface area contributed by atoms with Crippen LogP contribution in [0.2, 0.25) is 0 Å². The Balaban J connectivity index is 1.62. The predicted octanol–water partition coefficient (Wildman–Crippen LogP) is 1.18. The fourth-order valence-electron chi connectivity index (χ4n) is 3.19. The summed E-state index contributed by atoms with van der Waals surface area (Å²) in [6.45, 7) is 6.48. The van der Waals surface area contributed by atoms with Crippen molar-refractivity contribution in [1.82, 2.24) is 15.3 Å². The summed E-state index contributed by atoms with van der Waals surface area (Å²) in [5, 5.41) is 4.27. The van der Waals surface area contributed by atoms with Crippen LogP contribution in [0.25, 0.3) is 0 Å². The molecule has 2 aliphatic rings. The van der Waals surface area contributed by atoms with Crippen LogP contribution in [-0.4, -0.2) is 54.5 Å². The Morgan fingerprint density at radius 3 is 2.91 bits per heavy atom. The van der Waals surface area contributed by atoms with Gasteiger partial charge in [-0.15, -0.1) is 0 Å². The van der Waals surface area contributed by atoms with E-state index in [1.165, 1.54) is 18.2 Å². The van der Waals surface area contributed by atoms with Crippen molar-refractivity contribution in [3.8, 4) is 0 Å². The van der Waals surface area contributed by atoms with Gasteiger partial charge in [-0.05, 0) is 38.3 Å². The zero-order valence-corrected chi connectivity index (χ0v) is 13.6. The third-order valence-electron chi connectivity index (χ3n) is 4.06. The lowest BCUT2D eigenvalue weighted by Gasteiger charge is -2.42. The first-order valence-electron chi connectivity index (χ1n) is 7.80. The van der Waals surface area contributed by atoms with E-state index in [1.807, 2.05) is 13.1 Å². The number of rotatable bonds is 5. The molecule has 2 bridgehead atoms. The van der Waals surface area contributed by atoms with Gasteiger partial charge < -0.3 is 15.0 Å². The van der Waals surface area contributed by atoms with E-state index in [9.17, 15) is 4.79 Å². The second-order valence-corrected chi connectivity index (χ2v) is 6.84. The maximum absolute atomic E-state index is 11.4. The summed E-state index contributed by atoms with van der Waals surface area (Å²) in [6, 6.07) is 0. The Hall–Kier alpha value is -1.34. The first-order valence-corrected chi connectivity index (χ1v) is 8.79. The molecule has 22 heavy (non-hydrogen) atoms. The van der Waals surface area contributed by atoms with E-state index in [4.69, 9.17) is 4.74 Å². The molecule has 6 nitrogen and oxygen atoms in total. The summed E-state index contributed by atoms with van der Waals surface area (Å²) in [7, 11) is 0. The molecule has 0 radical (unpaired) electrons. The zero-order chi connectivity index (χ0) is 15.4. The van der Waals surface area contributed by atoms with Crippen LogP contribution in [0.4, 0.5) is 5.82 Å². The summed E-state index contributed by atoms with van der Waals surface area (Å²) >= 11 is 1.38. The maximum atomic E-state index is 11.4. The fraction of sp³-hybridized carbons (Fsp3) is 0.667. The number of esters is 1. The number of hydrogen-bond donors (Lipinski definition) is 1. The van der Waals surface area contributed by atoms with Crippen LogP contribution in [0, 0.1) is 11.8 Å². The highest BCUT2D eigenvalue weighted by Gasteiger charge is 2.31. The number of piperidine rings is 2. The number of ether oxygens (including phenoxy) is 1. The monoisotopic (exact) mass is 322 g/mol. The molecule has 1 aromatic rings. The fourth-order valence-corrected chi connectivity index (χ4v) is 3.83. The van der Waals surface area contributed by atoms with Gasteiger partial charge in [0.1, 0.15) is 10.8 Å². The van der Waals surface area contributed by atoms with E-state index >= 15 is 0 Å². The van der Waals surface area contributed by atoms with E-state index in [0.717, 1.165) is 37.0 Å². The van der Waals surface area contributed by atoms with Gasteiger partial charge in [-0.25, -0.2) is 4.98 Å². The van der Waals surface area contributed by atoms with E-state index in [1.54, 1.807) is 6.20 Å². The van der Waals surface area contributed by atoms with Gasteiger partial charge in [-0.1, -0.05) is 11.8 Å². The molecule has 2 atom stereocenters. The number of thioether (sulfide) groups is 1. The normalized spacial score (nSPS) is 24.1. The highest BCUT2D eigenvalue weighted by Crippen LogP contribution is 2.28. The molecule has 0 saturated carbocycles. The van der Waals surface area contributed by atoms with E-state index < -0.39 is 0 Å². The number of nitrogens with one attached hydrogen (secondary N) is 1. The van der Waals surface area contributed by atoms with Crippen molar-refractivity contribution in [2.24, 2.45) is 11.8 Å². The van der Waals surface area contributed by atoms with Crippen molar-refractivity contribution in [1.29, 1.82) is 0 Å². The number of anilines is 1. The Bertz CT molecular complexity index is 516. The van der Waals surface area contributed by atoms with Crippen molar-refractivity contribution in [3.63, 3.8) is 0 Å². The largest absolute Gasteiger partial charge is 0.465 e. The molecule has 1 aromatic heterocycles. The van der Waals surface area contributed by atoms with Crippen LogP contribution < -0.4 is 10.2 Å². The van der Waals surface area contributed by atoms with Crippen LogP contribution in [0.1, 0.15) is 13.3 Å². The molecule has 0 spiro atoms. The van der Waals surface area contributed by atoms with Crippen LogP contribution in [0.3, 0.4) is 0 Å². The van der Waals surface area contributed by atoms with E-state index in [2.05, 4.69) is 20.2 Å². The number of nitrogens with zero attached hydrogens (tertiary/aromatic N) is 3. The maximum Gasteiger partial charge on any atom is 0.316 e. The third-order valence-corrected chi connectivity index (χ3v) is 4.93. The van der Waals surface area contributed by atoms with Crippen LogP contribution in [0.5, 0.6) is 0 Å². The Morgan fingerprint density at radius 2 is 2.18 bits per heavy atom. The van der Waals surface area contributed by atoms with Gasteiger partial charge in [-0.3, -0.25) is 9.78 Å². The molecule has 3 rings (SSSR count). The quantitative estimate of drug-likeness (QED) is 0.645. The second-order valence-electron chi connectivity index (χ2n) is 5.84. The average molecular weight is 322 g/mol. The van der Waals surface area contributed by atoms with Crippen molar-refractivity contribution in [3.05, 3.63) is 12.4 Å². The molecule has 120 valence electrons. The first-order chi connectivity index (χ1) is 10.7. The Morgan fingerprint density at radius 1 is 1.41 bits per heavy atom. The molecule has 1 N–H and O–H groups in total. The van der Waals surface area contributed by atoms with Gasteiger partial charge in [0.2, 0.25) is 0 Å². The smallest absolute Gasteiger partial charge is 0.316 e. The third kappa shape index (κ3) is 3.89. The van der Waals surface area contributed by atoms with Gasteiger partial charge in [0.15, 0.2) is 0 Å². The van der Waals surface area contributed by atoms with Crippen LogP contribution in [-0.2, 0) is 9.53 Å². The molecule has 2 saturated heterocycles. The molecule has 2 aliphatic heterocycles. The molecular weight excluding hydrogens is 300 g/mol. The zero-order valence-electron chi connectivity index (χ0n) is 12.8. The molecule has 0 aromatic carbocycles. The van der Waals surface area contributed by atoms with Crippen molar-refractivity contribution < 1.29 is 9.53 Å². The first kappa shape index (κ1) is 15.6. The van der Waals surface area contributed by atoms with Crippen LogP contribution >= 0.6 is 11.8 Å². The van der Waals surface area contributed by atoms with Gasteiger partial charge in [-0.2, -0.15) is 0 Å². The molecule has 0 amide bonds. The lowest BCUT2D eigenvalue weighted by molar-refractivity contribution is -0.139. The van der Waals surface area contributed by atoms with E-state index in [0.29, 0.717) is 18.4 Å². The second kappa shape index (κ2) is 7.28. The Kier molecular flexibility index (Phi) is 5.15. The summed E-state index contributed by atoms with van der Waals surface area (Å²) in [6.07, 6.45) is 4.84. The highest BCUT2D eigenvalue weighted by molar-refractivity contribution is 7.99. The van der Waals surface area contributed by atoms with Gasteiger partial charge in [0.25, 0.3) is 0 Å². The lowest BCUT2D eigenvalue weighted by atomic mass is 9.86. The summed E-state index contributed by atoms with van der Waals surface area (Å²) in [4.78, 5) is 22.7. The minimum absolute atomic E-state index is 0.210. The molecular formula is C15H22N4O2S. The minimum Gasteiger partial charge on any atom is -0.465 e. The summed E-state index contributed by atoms with van der Waals surface area (Å²) in [5.74, 6) is 2.39. The Labute approximate surface area is 135 Å². The molecule has 2 unspecified atom stereocenters. The highest BCUT2D eigenvalue weighted by atomic mass is 32.2. The standard InChI is InChI=1S/C15H22N4O2S/c1-2-21-15(20)10-22-14-7-17-6-13(18-14)19-8-11-3-12(9-19)5-16-4-11/h6-7,11-12,16H,2-5,8-10H2,1H3. The lowest BCUT2D eigenvalue weighted by Crippen LogP contribution is -2.51. The minimum atomic E-state index is -0.210. The molecule has 0 aliphatic carbocycles. The van der Waals surface area contributed by atoms with Gasteiger partial charge in [0, 0.05) is 13.1 Å². The molecule has 3 heterocycles. The topological polar surface area (TPSA) is 67.3 Å². The van der Waals surface area contributed by atoms with E-state index in [-0.39, 0.29) is 11.7 Å². The molecule has 2 fully saturated rings. The number of fused-ring (bicyclic) bond motifs is 2. The van der Waals surface area contributed by atoms with Crippen molar-refractivity contribution in [2.75, 3.05) is 43.4 Å². The summed E-state index contributed by atoms with van der Waals surface area (Å²) in [5.41, 5.74) is 0. The van der Waals surface area contributed by atoms with Crippen molar-refractivity contribution >= 4 is 23.5 Å². The van der Waals surface area contributed by atoms with Gasteiger partial charge in [0.05, 0.1) is 24.8 Å². The number of carbonyl (C=O) groups excluding carboxylic acids is 1. The van der Waals surface area contributed by atoms with Crippen molar-refractivity contribution in [2.45, 2.75) is 18.4 Å².